The van der Waals surface area contributed by atoms with Crippen molar-refractivity contribution in [3.05, 3.63) is 70.7 Å². The number of anilines is 2. The number of fused-ring (bicyclic) bond motifs is 1. The van der Waals surface area contributed by atoms with E-state index in [1.165, 1.54) is 18.3 Å². The Morgan fingerprint density at radius 2 is 1.87 bits per heavy atom. The molecule has 1 saturated heterocycles. The lowest BCUT2D eigenvalue weighted by molar-refractivity contribution is -0.122. The van der Waals surface area contributed by atoms with E-state index in [9.17, 15) is 18.8 Å². The van der Waals surface area contributed by atoms with Crippen molar-refractivity contribution >= 4 is 29.2 Å². The van der Waals surface area contributed by atoms with E-state index in [1.54, 1.807) is 18.2 Å². The molecule has 7 heteroatoms. The number of amides is 4. The normalized spacial score (nSPS) is 20.5. The first-order chi connectivity index (χ1) is 14.3. The number of urea groups is 1. The number of rotatable bonds is 2. The largest absolute Gasteiger partial charge is 0.344 e. The van der Waals surface area contributed by atoms with Crippen molar-refractivity contribution in [3.8, 4) is 0 Å². The van der Waals surface area contributed by atoms with Crippen LogP contribution in [-0.2, 0) is 16.0 Å². The van der Waals surface area contributed by atoms with E-state index < -0.39 is 17.8 Å². The zero-order valence-corrected chi connectivity index (χ0v) is 17.0. The summed E-state index contributed by atoms with van der Waals surface area (Å²) in [6.07, 6.45) is 2.93. The third kappa shape index (κ3) is 3.26. The fourth-order valence-electron chi connectivity index (χ4n) is 3.92. The topological polar surface area (TPSA) is 69.7 Å². The van der Waals surface area contributed by atoms with Crippen molar-refractivity contribution in [2.45, 2.75) is 39.7 Å². The average molecular weight is 407 g/mol. The molecule has 2 aromatic carbocycles. The Hall–Kier alpha value is -3.48. The molecule has 0 spiro atoms. The predicted octanol–water partition coefficient (Wildman–Crippen LogP) is 3.75. The number of nitrogens with one attached hydrogen (secondary N) is 1. The molecule has 1 N–H and O–H groups in total. The van der Waals surface area contributed by atoms with Crippen molar-refractivity contribution in [1.29, 1.82) is 0 Å². The zero-order valence-electron chi connectivity index (χ0n) is 17.0. The maximum atomic E-state index is 13.7. The Balaban J connectivity index is 1.78. The van der Waals surface area contributed by atoms with Gasteiger partial charge in [-0.2, -0.15) is 0 Å². The Bertz CT molecular complexity index is 1110. The average Bonchev–Trinajstić information content (AvgIpc) is 2.69. The van der Waals surface area contributed by atoms with Gasteiger partial charge < -0.3 is 4.90 Å². The first-order valence-electron chi connectivity index (χ1n) is 9.82. The van der Waals surface area contributed by atoms with Crippen molar-refractivity contribution in [2.75, 3.05) is 9.80 Å². The van der Waals surface area contributed by atoms with Gasteiger partial charge in [-0.3, -0.25) is 14.9 Å². The van der Waals surface area contributed by atoms with Crippen LogP contribution < -0.4 is 15.1 Å². The molecule has 0 radical (unpaired) electrons. The third-order valence-corrected chi connectivity index (χ3v) is 5.81. The number of carbonyl (C=O) groups is 3. The summed E-state index contributed by atoms with van der Waals surface area (Å²) in [6, 6.07) is 9.03. The molecule has 2 aliphatic rings. The van der Waals surface area contributed by atoms with Gasteiger partial charge in [-0.15, -0.1) is 0 Å². The molecule has 0 aromatic heterocycles. The molecular formula is C23H22FN3O3. The minimum atomic E-state index is -0.773. The predicted molar refractivity (Wildman–Crippen MR) is 112 cm³/mol. The van der Waals surface area contributed by atoms with Crippen LogP contribution in [0.15, 0.2) is 48.2 Å². The van der Waals surface area contributed by atoms with Crippen LogP contribution in [0.4, 0.5) is 20.6 Å². The number of hydrogen-bond donors (Lipinski definition) is 1. The minimum Gasteiger partial charge on any atom is -0.344 e. The molecule has 2 aromatic rings. The molecular weight excluding hydrogens is 385 g/mol. The van der Waals surface area contributed by atoms with Crippen LogP contribution in [0.5, 0.6) is 0 Å². The Morgan fingerprint density at radius 3 is 2.63 bits per heavy atom. The van der Waals surface area contributed by atoms with Crippen LogP contribution in [0.25, 0.3) is 0 Å². The number of benzene rings is 2. The van der Waals surface area contributed by atoms with Crippen molar-refractivity contribution in [2.24, 2.45) is 0 Å². The fraction of sp³-hybridized carbons (Fsp3) is 0.261. The summed E-state index contributed by atoms with van der Waals surface area (Å²) in [4.78, 5) is 41.1. The fourth-order valence-corrected chi connectivity index (χ4v) is 3.92. The molecule has 0 bridgehead atoms. The molecule has 4 amide bonds. The summed E-state index contributed by atoms with van der Waals surface area (Å²) in [7, 11) is 0. The Labute approximate surface area is 174 Å². The molecule has 30 heavy (non-hydrogen) atoms. The summed E-state index contributed by atoms with van der Waals surface area (Å²) in [5.41, 5.74) is 3.57. The maximum Gasteiger partial charge on any atom is 0.335 e. The van der Waals surface area contributed by atoms with Gasteiger partial charge in [0.2, 0.25) is 0 Å². The lowest BCUT2D eigenvalue weighted by Crippen LogP contribution is -2.55. The number of hydrogen-bond acceptors (Lipinski definition) is 4. The Morgan fingerprint density at radius 1 is 1.10 bits per heavy atom. The van der Waals surface area contributed by atoms with Gasteiger partial charge in [0, 0.05) is 17.9 Å². The van der Waals surface area contributed by atoms with Gasteiger partial charge in [-0.1, -0.05) is 12.1 Å². The summed E-state index contributed by atoms with van der Waals surface area (Å²) >= 11 is 0. The highest BCUT2D eigenvalue weighted by atomic mass is 19.1. The summed E-state index contributed by atoms with van der Waals surface area (Å²) in [5.74, 6) is -1.75. The van der Waals surface area contributed by atoms with E-state index >= 15 is 0 Å². The van der Waals surface area contributed by atoms with Gasteiger partial charge >= 0.3 is 6.03 Å². The van der Waals surface area contributed by atoms with E-state index in [-0.39, 0.29) is 17.4 Å². The molecule has 4 rings (SSSR count). The molecule has 2 heterocycles. The lowest BCUT2D eigenvalue weighted by Gasteiger charge is -2.36. The van der Waals surface area contributed by atoms with Gasteiger partial charge in [0.25, 0.3) is 11.8 Å². The van der Waals surface area contributed by atoms with Gasteiger partial charge in [-0.05, 0) is 74.6 Å². The minimum absolute atomic E-state index is 0.00263. The molecule has 154 valence electrons. The Kier molecular flexibility index (Phi) is 4.89. The molecule has 6 nitrogen and oxygen atoms in total. The van der Waals surface area contributed by atoms with Crippen molar-refractivity contribution in [1.82, 2.24) is 5.32 Å². The molecule has 1 fully saturated rings. The second kappa shape index (κ2) is 7.40. The summed E-state index contributed by atoms with van der Waals surface area (Å²) < 4.78 is 13.7. The third-order valence-electron chi connectivity index (χ3n) is 5.81. The molecule has 0 saturated carbocycles. The number of halogens is 1. The zero-order chi connectivity index (χ0) is 21.6. The van der Waals surface area contributed by atoms with E-state index in [1.807, 2.05) is 31.7 Å². The molecule has 1 atom stereocenters. The monoisotopic (exact) mass is 407 g/mol. The van der Waals surface area contributed by atoms with Gasteiger partial charge in [0.15, 0.2) is 0 Å². The summed E-state index contributed by atoms with van der Waals surface area (Å²) in [6.45, 7) is 5.68. The number of imide groups is 2. The van der Waals surface area contributed by atoms with E-state index in [0.717, 1.165) is 33.7 Å². The van der Waals surface area contributed by atoms with Gasteiger partial charge in [0.1, 0.15) is 11.4 Å². The van der Waals surface area contributed by atoms with E-state index in [4.69, 9.17) is 0 Å². The highest BCUT2D eigenvalue weighted by Crippen LogP contribution is 2.33. The second-order valence-electron chi connectivity index (χ2n) is 7.73. The molecule has 0 unspecified atom stereocenters. The van der Waals surface area contributed by atoms with Crippen LogP contribution in [0.2, 0.25) is 0 Å². The maximum absolute atomic E-state index is 13.7. The van der Waals surface area contributed by atoms with E-state index in [2.05, 4.69) is 5.32 Å². The highest BCUT2D eigenvalue weighted by molar-refractivity contribution is 6.37. The van der Waals surface area contributed by atoms with Crippen LogP contribution in [0.3, 0.4) is 0 Å². The number of barbiturate groups is 1. The summed E-state index contributed by atoms with van der Waals surface area (Å²) in [5, 5.41) is 2.26. The smallest absolute Gasteiger partial charge is 0.335 e. The molecule has 2 aliphatic heterocycles. The van der Waals surface area contributed by atoms with Crippen LogP contribution in [0.1, 0.15) is 30.0 Å². The van der Waals surface area contributed by atoms with Crippen LogP contribution in [-0.4, -0.2) is 23.9 Å². The second-order valence-corrected chi connectivity index (χ2v) is 7.73. The number of carbonyl (C=O) groups excluding carboxylic acids is 3. The van der Waals surface area contributed by atoms with Crippen LogP contribution >= 0.6 is 0 Å². The number of nitrogens with zero attached hydrogens (tertiary/aromatic N) is 2. The van der Waals surface area contributed by atoms with Crippen molar-refractivity contribution < 1.29 is 18.8 Å². The van der Waals surface area contributed by atoms with Crippen LogP contribution in [0, 0.1) is 19.7 Å². The van der Waals surface area contributed by atoms with Gasteiger partial charge in [-0.25, -0.2) is 14.1 Å². The number of aryl methyl sites for hydroxylation is 2. The SMILES string of the molecule is Cc1cccc(N2C(=O)NC(=O)/C(=C\N3c4ccc(F)cc4CC[C@H]3C)C2=O)c1C. The van der Waals surface area contributed by atoms with Gasteiger partial charge in [0.05, 0.1) is 5.69 Å². The highest BCUT2D eigenvalue weighted by Gasteiger charge is 2.38. The molecule has 0 aliphatic carbocycles. The van der Waals surface area contributed by atoms with Crippen molar-refractivity contribution in [3.63, 3.8) is 0 Å². The first-order valence-corrected chi connectivity index (χ1v) is 9.82. The van der Waals surface area contributed by atoms with E-state index in [0.29, 0.717) is 12.1 Å². The first kappa shape index (κ1) is 19.8. The quantitative estimate of drug-likeness (QED) is 0.608. The standard InChI is InChI=1S/C23H22FN3O3/c1-13-5-4-6-19(15(13)3)27-22(29)18(21(28)25-23(27)30)12-26-14(2)7-8-16-11-17(24)9-10-20(16)26/h4-6,9-12,14H,7-8H2,1-3H3,(H,25,28,30)/b18-12+/t14-/m1/s1. The lowest BCUT2D eigenvalue weighted by atomic mass is 9.96.